The number of anilines is 1. The van der Waals surface area contributed by atoms with Crippen molar-refractivity contribution in [1.29, 1.82) is 0 Å². The van der Waals surface area contributed by atoms with E-state index in [-0.39, 0.29) is 0 Å². The monoisotopic (exact) mass is 365 g/mol. The van der Waals surface area contributed by atoms with E-state index in [9.17, 15) is 9.59 Å². The number of thiazole rings is 1. The lowest BCUT2D eigenvalue weighted by molar-refractivity contribution is -0.142. The second-order valence-corrected chi connectivity index (χ2v) is 7.55. The van der Waals surface area contributed by atoms with Gasteiger partial charge in [0.05, 0.1) is 10.2 Å². The normalized spacial score (nSPS) is 14.0. The molecule has 2 heterocycles. The highest BCUT2D eigenvalue weighted by Crippen LogP contribution is 2.31. The average Bonchev–Trinajstić information content (AvgIpc) is 3.31. The standard InChI is InChI=1S/C20H19N3O2S/c1-13-4-9-16-17(12-13)26-19(22-16)14-5-7-15(8-6-14)21-18(24)20(25)23-10-2-3-11-23/h4-9,12H,2-3,10-11H2,1H3,(H,21,24). The van der Waals surface area contributed by atoms with Crippen LogP contribution in [-0.2, 0) is 9.59 Å². The highest BCUT2D eigenvalue weighted by atomic mass is 32.1. The molecule has 4 rings (SSSR count). The minimum atomic E-state index is -0.574. The summed E-state index contributed by atoms with van der Waals surface area (Å²) >= 11 is 1.65. The van der Waals surface area contributed by atoms with Crippen molar-refractivity contribution in [3.63, 3.8) is 0 Å². The van der Waals surface area contributed by atoms with Crippen LogP contribution in [0.4, 0.5) is 5.69 Å². The van der Waals surface area contributed by atoms with E-state index in [4.69, 9.17) is 0 Å². The third-order valence-corrected chi connectivity index (χ3v) is 5.59. The first kappa shape index (κ1) is 16.7. The topological polar surface area (TPSA) is 62.3 Å². The van der Waals surface area contributed by atoms with Crippen molar-refractivity contribution in [1.82, 2.24) is 9.88 Å². The van der Waals surface area contributed by atoms with Crippen LogP contribution in [0, 0.1) is 6.92 Å². The van der Waals surface area contributed by atoms with E-state index in [1.54, 1.807) is 16.2 Å². The first-order valence-corrected chi connectivity index (χ1v) is 9.50. The van der Waals surface area contributed by atoms with E-state index in [1.807, 2.05) is 30.3 Å². The fraction of sp³-hybridized carbons (Fsp3) is 0.250. The summed E-state index contributed by atoms with van der Waals surface area (Å²) in [6.45, 7) is 3.41. The van der Waals surface area contributed by atoms with Crippen molar-refractivity contribution in [3.05, 3.63) is 48.0 Å². The van der Waals surface area contributed by atoms with Crippen molar-refractivity contribution in [2.75, 3.05) is 18.4 Å². The molecule has 1 N–H and O–H groups in total. The summed E-state index contributed by atoms with van der Waals surface area (Å²) in [5.74, 6) is -1.02. The zero-order chi connectivity index (χ0) is 18.1. The van der Waals surface area contributed by atoms with Gasteiger partial charge in [0, 0.05) is 24.3 Å². The molecular formula is C20H19N3O2S. The van der Waals surface area contributed by atoms with Crippen LogP contribution in [-0.4, -0.2) is 34.8 Å². The number of amides is 2. The Balaban J connectivity index is 1.49. The molecule has 1 aromatic heterocycles. The molecule has 0 aliphatic carbocycles. The van der Waals surface area contributed by atoms with Crippen molar-refractivity contribution in [3.8, 4) is 10.6 Å². The lowest BCUT2D eigenvalue weighted by atomic mass is 10.2. The molecule has 2 amide bonds. The molecule has 1 aliphatic heterocycles. The zero-order valence-corrected chi connectivity index (χ0v) is 15.3. The number of carbonyl (C=O) groups excluding carboxylic acids is 2. The number of rotatable bonds is 2. The van der Waals surface area contributed by atoms with Gasteiger partial charge < -0.3 is 10.2 Å². The molecule has 132 valence electrons. The molecule has 0 spiro atoms. The first-order chi connectivity index (χ1) is 12.6. The molecule has 1 aliphatic rings. The minimum absolute atomic E-state index is 0.451. The number of nitrogens with zero attached hydrogens (tertiary/aromatic N) is 2. The van der Waals surface area contributed by atoms with E-state index >= 15 is 0 Å². The number of aryl methyl sites for hydroxylation is 1. The number of benzene rings is 2. The van der Waals surface area contributed by atoms with Crippen molar-refractivity contribution >= 4 is 39.1 Å². The quantitative estimate of drug-likeness (QED) is 0.702. The molecule has 2 aromatic carbocycles. The first-order valence-electron chi connectivity index (χ1n) is 8.68. The van der Waals surface area contributed by atoms with Crippen LogP contribution < -0.4 is 5.32 Å². The van der Waals surface area contributed by atoms with Gasteiger partial charge in [-0.15, -0.1) is 11.3 Å². The molecule has 0 radical (unpaired) electrons. The summed E-state index contributed by atoms with van der Waals surface area (Å²) in [4.78, 5) is 30.4. The summed E-state index contributed by atoms with van der Waals surface area (Å²) in [7, 11) is 0. The largest absolute Gasteiger partial charge is 0.334 e. The van der Waals surface area contributed by atoms with Gasteiger partial charge in [-0.2, -0.15) is 0 Å². The summed E-state index contributed by atoms with van der Waals surface area (Å²) in [5.41, 5.74) is 3.81. The minimum Gasteiger partial charge on any atom is -0.334 e. The predicted molar refractivity (Wildman–Crippen MR) is 104 cm³/mol. The number of fused-ring (bicyclic) bond motifs is 1. The van der Waals surface area contributed by atoms with E-state index in [1.165, 1.54) is 5.56 Å². The molecule has 1 fully saturated rings. The Morgan fingerprint density at radius 1 is 1.08 bits per heavy atom. The second-order valence-electron chi connectivity index (χ2n) is 6.52. The second kappa shape index (κ2) is 6.88. The third kappa shape index (κ3) is 3.32. The highest BCUT2D eigenvalue weighted by Gasteiger charge is 2.24. The fourth-order valence-electron chi connectivity index (χ4n) is 3.10. The van der Waals surface area contributed by atoms with Crippen LogP contribution in [0.1, 0.15) is 18.4 Å². The van der Waals surface area contributed by atoms with Gasteiger partial charge in [-0.05, 0) is 61.7 Å². The van der Waals surface area contributed by atoms with Crippen LogP contribution in [0.3, 0.4) is 0 Å². The third-order valence-electron chi connectivity index (χ3n) is 4.52. The molecule has 0 bridgehead atoms. The molecule has 26 heavy (non-hydrogen) atoms. The van der Waals surface area contributed by atoms with Crippen LogP contribution in [0.5, 0.6) is 0 Å². The van der Waals surface area contributed by atoms with Crippen LogP contribution in [0.15, 0.2) is 42.5 Å². The molecule has 5 nitrogen and oxygen atoms in total. The Hall–Kier alpha value is -2.73. The van der Waals surface area contributed by atoms with Crippen molar-refractivity contribution in [2.45, 2.75) is 19.8 Å². The van der Waals surface area contributed by atoms with Gasteiger partial charge in [0.15, 0.2) is 0 Å². The number of hydrogen-bond acceptors (Lipinski definition) is 4. The van der Waals surface area contributed by atoms with Gasteiger partial charge in [0.1, 0.15) is 5.01 Å². The van der Waals surface area contributed by atoms with Crippen LogP contribution >= 0.6 is 11.3 Å². The maximum Gasteiger partial charge on any atom is 0.313 e. The van der Waals surface area contributed by atoms with Gasteiger partial charge in [0.25, 0.3) is 0 Å². The van der Waals surface area contributed by atoms with Gasteiger partial charge in [-0.3, -0.25) is 9.59 Å². The van der Waals surface area contributed by atoms with Crippen molar-refractivity contribution < 1.29 is 9.59 Å². The molecule has 0 atom stereocenters. The van der Waals surface area contributed by atoms with Gasteiger partial charge in [0.2, 0.25) is 0 Å². The fourth-order valence-corrected chi connectivity index (χ4v) is 4.17. The van der Waals surface area contributed by atoms with Gasteiger partial charge in [-0.25, -0.2) is 4.98 Å². The Bertz CT molecular complexity index is 972. The summed E-state index contributed by atoms with van der Waals surface area (Å²) in [5, 5.41) is 3.63. The van der Waals surface area contributed by atoms with E-state index in [2.05, 4.69) is 29.4 Å². The predicted octanol–water partition coefficient (Wildman–Crippen LogP) is 3.83. The number of aromatic nitrogens is 1. The maximum absolute atomic E-state index is 12.1. The Kier molecular flexibility index (Phi) is 4.42. The number of hydrogen-bond donors (Lipinski definition) is 1. The average molecular weight is 365 g/mol. The Morgan fingerprint density at radius 2 is 1.81 bits per heavy atom. The summed E-state index contributed by atoms with van der Waals surface area (Å²) < 4.78 is 1.16. The Morgan fingerprint density at radius 3 is 2.54 bits per heavy atom. The molecule has 6 heteroatoms. The van der Waals surface area contributed by atoms with Crippen LogP contribution in [0.25, 0.3) is 20.8 Å². The lowest BCUT2D eigenvalue weighted by Gasteiger charge is -2.14. The van der Waals surface area contributed by atoms with Crippen molar-refractivity contribution in [2.24, 2.45) is 0 Å². The maximum atomic E-state index is 12.1. The summed E-state index contributed by atoms with van der Waals surface area (Å²) in [6.07, 6.45) is 1.94. The molecular weight excluding hydrogens is 346 g/mol. The molecule has 1 saturated heterocycles. The van der Waals surface area contributed by atoms with Gasteiger partial charge in [-0.1, -0.05) is 6.07 Å². The lowest BCUT2D eigenvalue weighted by Crippen LogP contribution is -2.37. The van der Waals surface area contributed by atoms with E-state index in [0.29, 0.717) is 18.8 Å². The molecule has 0 saturated carbocycles. The van der Waals surface area contributed by atoms with E-state index < -0.39 is 11.8 Å². The number of carbonyl (C=O) groups is 2. The smallest absolute Gasteiger partial charge is 0.313 e. The zero-order valence-electron chi connectivity index (χ0n) is 14.5. The number of nitrogens with one attached hydrogen (secondary N) is 1. The molecule has 3 aromatic rings. The molecule has 0 unspecified atom stereocenters. The van der Waals surface area contributed by atoms with Gasteiger partial charge >= 0.3 is 11.8 Å². The summed E-state index contributed by atoms with van der Waals surface area (Å²) in [6, 6.07) is 13.7. The highest BCUT2D eigenvalue weighted by molar-refractivity contribution is 7.21. The Labute approximate surface area is 155 Å². The SMILES string of the molecule is Cc1ccc2nc(-c3ccc(NC(=O)C(=O)N4CCCC4)cc3)sc2c1. The van der Waals surface area contributed by atoms with Crippen LogP contribution in [0.2, 0.25) is 0 Å². The van der Waals surface area contributed by atoms with E-state index in [0.717, 1.165) is 33.6 Å². The number of likely N-dealkylation sites (tertiary alicyclic amines) is 1.